The third kappa shape index (κ3) is 3.18. The molecule has 1 aromatic carbocycles. The number of hydrogen-bond acceptors (Lipinski definition) is 4. The van der Waals surface area contributed by atoms with E-state index in [0.717, 1.165) is 6.54 Å². The molecule has 2 heterocycles. The van der Waals surface area contributed by atoms with Gasteiger partial charge in [0.25, 0.3) is 5.91 Å². The van der Waals surface area contributed by atoms with Crippen LogP contribution in [0.25, 0.3) is 0 Å². The summed E-state index contributed by atoms with van der Waals surface area (Å²) < 4.78 is 29.6. The molecule has 1 aromatic rings. The van der Waals surface area contributed by atoms with Crippen molar-refractivity contribution in [2.24, 2.45) is 11.3 Å². The molecule has 3 rings (SSSR count). The fourth-order valence-corrected chi connectivity index (χ4v) is 3.94. The molecule has 0 aromatic heterocycles. The maximum Gasteiger partial charge on any atom is 0.387 e. The molecular formula is C17H20F2N2O4. The average molecular weight is 354 g/mol. The van der Waals surface area contributed by atoms with Crippen LogP contribution in [0.15, 0.2) is 24.3 Å². The van der Waals surface area contributed by atoms with Gasteiger partial charge < -0.3 is 19.6 Å². The molecule has 8 heteroatoms. The Morgan fingerprint density at radius 3 is 2.72 bits per heavy atom. The van der Waals surface area contributed by atoms with E-state index in [0.29, 0.717) is 19.5 Å². The first-order valence-electron chi connectivity index (χ1n) is 8.08. The minimum Gasteiger partial charge on any atom is -0.481 e. The van der Waals surface area contributed by atoms with Gasteiger partial charge in [0.15, 0.2) is 0 Å². The smallest absolute Gasteiger partial charge is 0.387 e. The molecule has 0 radical (unpaired) electrons. The van der Waals surface area contributed by atoms with Gasteiger partial charge in [-0.05, 0) is 38.1 Å². The van der Waals surface area contributed by atoms with Gasteiger partial charge in [0.1, 0.15) is 11.2 Å². The molecule has 0 spiro atoms. The third-order valence-electron chi connectivity index (χ3n) is 5.15. The lowest BCUT2D eigenvalue weighted by atomic mass is 9.73. The minimum atomic E-state index is -3.03. The van der Waals surface area contributed by atoms with Crippen LogP contribution < -0.4 is 4.74 Å². The van der Waals surface area contributed by atoms with E-state index in [1.807, 2.05) is 11.9 Å². The van der Waals surface area contributed by atoms with Crippen molar-refractivity contribution in [2.75, 3.05) is 33.2 Å². The number of likely N-dealkylation sites (tertiary alicyclic amines) is 2. The molecular weight excluding hydrogens is 334 g/mol. The van der Waals surface area contributed by atoms with Gasteiger partial charge in [-0.2, -0.15) is 8.78 Å². The molecule has 2 fully saturated rings. The van der Waals surface area contributed by atoms with Crippen LogP contribution in [0, 0.1) is 11.3 Å². The van der Waals surface area contributed by atoms with Crippen molar-refractivity contribution in [1.29, 1.82) is 0 Å². The van der Waals surface area contributed by atoms with Crippen LogP contribution in [-0.2, 0) is 4.79 Å². The Bertz CT molecular complexity index is 684. The second-order valence-corrected chi connectivity index (χ2v) is 6.75. The van der Waals surface area contributed by atoms with Gasteiger partial charge in [-0.25, -0.2) is 0 Å². The maximum absolute atomic E-state index is 12.8. The van der Waals surface area contributed by atoms with Gasteiger partial charge in [-0.15, -0.1) is 0 Å². The monoisotopic (exact) mass is 354 g/mol. The highest BCUT2D eigenvalue weighted by Gasteiger charge is 2.55. The Hall–Kier alpha value is -2.22. The minimum absolute atomic E-state index is 0.0235. The molecule has 2 aliphatic heterocycles. The average Bonchev–Trinajstić information content (AvgIpc) is 2.94. The topological polar surface area (TPSA) is 70.1 Å². The maximum atomic E-state index is 12.8. The number of carbonyl (C=O) groups is 2. The summed E-state index contributed by atoms with van der Waals surface area (Å²) in [5, 5.41) is 9.77. The summed E-state index contributed by atoms with van der Waals surface area (Å²) in [6.45, 7) is -1.52. The number of fused-ring (bicyclic) bond motifs is 1. The first kappa shape index (κ1) is 17.6. The molecule has 2 atom stereocenters. The van der Waals surface area contributed by atoms with Crippen LogP contribution in [0.5, 0.6) is 5.75 Å². The second-order valence-electron chi connectivity index (χ2n) is 6.75. The molecule has 1 amide bonds. The van der Waals surface area contributed by atoms with Gasteiger partial charge in [-0.1, -0.05) is 12.1 Å². The number of carboxylic acid groups (broad SMARTS) is 1. The fraction of sp³-hybridized carbons (Fsp3) is 0.529. The Morgan fingerprint density at radius 2 is 2.04 bits per heavy atom. The van der Waals surface area contributed by atoms with Crippen molar-refractivity contribution in [3.05, 3.63) is 29.8 Å². The quantitative estimate of drug-likeness (QED) is 0.892. The third-order valence-corrected chi connectivity index (χ3v) is 5.15. The highest BCUT2D eigenvalue weighted by Crippen LogP contribution is 2.43. The van der Waals surface area contributed by atoms with E-state index in [1.165, 1.54) is 23.1 Å². The summed E-state index contributed by atoms with van der Waals surface area (Å²) in [6, 6.07) is 5.80. The van der Waals surface area contributed by atoms with Crippen molar-refractivity contribution in [3.8, 4) is 5.75 Å². The van der Waals surface area contributed by atoms with Crippen LogP contribution in [0.1, 0.15) is 16.8 Å². The van der Waals surface area contributed by atoms with E-state index in [9.17, 15) is 23.5 Å². The Morgan fingerprint density at radius 1 is 1.32 bits per heavy atom. The first-order chi connectivity index (χ1) is 11.8. The summed E-state index contributed by atoms with van der Waals surface area (Å²) >= 11 is 0. The number of halogens is 2. The Labute approximate surface area is 144 Å². The lowest BCUT2D eigenvalue weighted by Crippen LogP contribution is -2.52. The van der Waals surface area contributed by atoms with E-state index in [1.54, 1.807) is 6.07 Å². The first-order valence-corrected chi connectivity index (χ1v) is 8.08. The molecule has 0 bridgehead atoms. The number of aliphatic carboxylic acids is 1. The predicted octanol–water partition coefficient (Wildman–Crippen LogP) is 1.77. The number of para-hydroxylation sites is 1. The predicted molar refractivity (Wildman–Crippen MR) is 84.7 cm³/mol. The number of amides is 1. The van der Waals surface area contributed by atoms with E-state index in [2.05, 4.69) is 4.74 Å². The molecule has 0 unspecified atom stereocenters. The van der Waals surface area contributed by atoms with Crippen LogP contribution in [-0.4, -0.2) is 66.6 Å². The van der Waals surface area contributed by atoms with Crippen LogP contribution in [0.3, 0.4) is 0 Å². The van der Waals surface area contributed by atoms with Crippen molar-refractivity contribution in [1.82, 2.24) is 9.80 Å². The lowest BCUT2D eigenvalue weighted by Gasteiger charge is -2.39. The summed E-state index contributed by atoms with van der Waals surface area (Å²) in [4.78, 5) is 28.2. The van der Waals surface area contributed by atoms with Crippen molar-refractivity contribution in [2.45, 2.75) is 13.0 Å². The normalized spacial score (nSPS) is 26.6. The largest absolute Gasteiger partial charge is 0.481 e. The number of hydrogen-bond donors (Lipinski definition) is 1. The van der Waals surface area contributed by atoms with E-state index in [4.69, 9.17) is 0 Å². The number of ether oxygens (including phenoxy) is 1. The number of benzene rings is 1. The number of piperidine rings is 1. The van der Waals surface area contributed by atoms with Crippen molar-refractivity contribution in [3.63, 3.8) is 0 Å². The van der Waals surface area contributed by atoms with Crippen molar-refractivity contribution >= 4 is 11.9 Å². The van der Waals surface area contributed by atoms with E-state index >= 15 is 0 Å². The molecule has 0 aliphatic carbocycles. The Balaban J connectivity index is 1.86. The summed E-state index contributed by atoms with van der Waals surface area (Å²) in [5.41, 5.74) is -0.989. The summed E-state index contributed by atoms with van der Waals surface area (Å²) in [6.07, 6.45) is 0.682. The number of carbonyl (C=O) groups excluding carboxylic acids is 1. The van der Waals surface area contributed by atoms with Gasteiger partial charge in [-0.3, -0.25) is 9.59 Å². The van der Waals surface area contributed by atoms with E-state index in [-0.39, 0.29) is 23.8 Å². The molecule has 0 saturated carbocycles. The highest BCUT2D eigenvalue weighted by molar-refractivity contribution is 5.97. The lowest BCUT2D eigenvalue weighted by molar-refractivity contribution is -0.153. The van der Waals surface area contributed by atoms with Gasteiger partial charge >= 0.3 is 12.6 Å². The molecule has 2 aliphatic rings. The zero-order valence-electron chi connectivity index (χ0n) is 13.8. The zero-order chi connectivity index (χ0) is 18.2. The summed E-state index contributed by atoms with van der Waals surface area (Å²) in [5.74, 6) is -1.74. The van der Waals surface area contributed by atoms with Crippen LogP contribution in [0.4, 0.5) is 8.78 Å². The summed E-state index contributed by atoms with van der Waals surface area (Å²) in [7, 11) is 1.86. The SMILES string of the molecule is CN1CC[C@H]2CN(C(=O)c3ccccc3OC(F)F)C[C@@]2(C(=O)O)C1. The van der Waals surface area contributed by atoms with Crippen LogP contribution >= 0.6 is 0 Å². The second kappa shape index (κ2) is 6.59. The van der Waals surface area contributed by atoms with Gasteiger partial charge in [0.2, 0.25) is 0 Å². The molecule has 1 N–H and O–H groups in total. The Kier molecular flexibility index (Phi) is 4.64. The number of carboxylic acids is 1. The molecule has 2 saturated heterocycles. The highest BCUT2D eigenvalue weighted by atomic mass is 19.3. The zero-order valence-corrected chi connectivity index (χ0v) is 13.8. The van der Waals surface area contributed by atoms with Gasteiger partial charge in [0.05, 0.1) is 5.56 Å². The van der Waals surface area contributed by atoms with E-state index < -0.39 is 23.9 Å². The molecule has 25 heavy (non-hydrogen) atoms. The van der Waals surface area contributed by atoms with Crippen molar-refractivity contribution < 1.29 is 28.2 Å². The molecule has 136 valence electrons. The fourth-order valence-electron chi connectivity index (χ4n) is 3.94. The number of alkyl halides is 2. The van der Waals surface area contributed by atoms with Crippen LogP contribution in [0.2, 0.25) is 0 Å². The number of rotatable bonds is 4. The molecule has 6 nitrogen and oxygen atoms in total. The number of nitrogens with zero attached hydrogens (tertiary/aromatic N) is 2. The standard InChI is InChI=1S/C17H20F2N2O4/c1-20-7-6-11-8-21(10-17(11,9-20)15(23)24)14(22)12-4-2-3-5-13(12)25-16(18)19/h2-5,11,16H,6-10H2,1H3,(H,23,24)/t11-,17-/m0/s1. The van der Waals surface area contributed by atoms with Gasteiger partial charge in [0, 0.05) is 19.6 Å².